The number of methoxy groups -OCH3 is 2. The molecule has 130 valence electrons. The molecule has 0 aliphatic heterocycles. The Morgan fingerprint density at radius 2 is 1.83 bits per heavy atom. The van der Waals surface area contributed by atoms with Crippen molar-refractivity contribution < 1.29 is 22.3 Å². The van der Waals surface area contributed by atoms with Crippen LogP contribution in [0.1, 0.15) is 11.1 Å². The minimum absolute atomic E-state index is 0.0445. The molecule has 0 unspecified atom stereocenters. The van der Waals surface area contributed by atoms with Crippen LogP contribution in [0.15, 0.2) is 41.3 Å². The van der Waals surface area contributed by atoms with Gasteiger partial charge in [-0.05, 0) is 48.7 Å². The van der Waals surface area contributed by atoms with Crippen molar-refractivity contribution in [2.75, 3.05) is 20.8 Å². The molecule has 0 aliphatic rings. The molecular formula is C17H20FNO4S. The molecule has 5 nitrogen and oxygen atoms in total. The molecule has 2 aromatic carbocycles. The van der Waals surface area contributed by atoms with E-state index in [9.17, 15) is 12.8 Å². The van der Waals surface area contributed by atoms with Crippen LogP contribution in [0.4, 0.5) is 4.39 Å². The van der Waals surface area contributed by atoms with Gasteiger partial charge in [0.15, 0.2) is 0 Å². The Labute approximate surface area is 141 Å². The minimum atomic E-state index is -3.68. The predicted octanol–water partition coefficient (Wildman–Crippen LogP) is 2.67. The third kappa shape index (κ3) is 4.24. The van der Waals surface area contributed by atoms with Gasteiger partial charge in [-0.25, -0.2) is 17.5 Å². The molecular weight excluding hydrogens is 333 g/mol. The maximum Gasteiger partial charge on any atom is 0.240 e. The molecule has 0 heterocycles. The van der Waals surface area contributed by atoms with E-state index in [1.165, 1.54) is 19.1 Å². The van der Waals surface area contributed by atoms with Crippen LogP contribution in [-0.4, -0.2) is 29.2 Å². The first-order chi connectivity index (χ1) is 11.4. The summed E-state index contributed by atoms with van der Waals surface area (Å²) in [4.78, 5) is 0.0445. The minimum Gasteiger partial charge on any atom is -0.497 e. The number of sulfonamides is 1. The van der Waals surface area contributed by atoms with Gasteiger partial charge >= 0.3 is 0 Å². The summed E-state index contributed by atoms with van der Waals surface area (Å²) >= 11 is 0. The average Bonchev–Trinajstić information content (AvgIpc) is 2.57. The Kier molecular flexibility index (Phi) is 5.80. The summed E-state index contributed by atoms with van der Waals surface area (Å²) in [5, 5.41) is 0. The zero-order valence-electron chi connectivity index (χ0n) is 13.8. The lowest BCUT2D eigenvalue weighted by atomic mass is 10.1. The molecule has 24 heavy (non-hydrogen) atoms. The predicted molar refractivity (Wildman–Crippen MR) is 89.6 cm³/mol. The summed E-state index contributed by atoms with van der Waals surface area (Å²) in [5.74, 6) is 0.862. The molecule has 0 saturated carbocycles. The molecule has 1 N–H and O–H groups in total. The van der Waals surface area contributed by atoms with E-state index in [-0.39, 0.29) is 17.0 Å². The lowest BCUT2D eigenvalue weighted by Gasteiger charge is -2.11. The van der Waals surface area contributed by atoms with E-state index in [4.69, 9.17) is 9.47 Å². The highest BCUT2D eigenvalue weighted by Gasteiger charge is 2.15. The van der Waals surface area contributed by atoms with Crippen molar-refractivity contribution in [3.05, 3.63) is 53.3 Å². The van der Waals surface area contributed by atoms with E-state index in [0.717, 1.165) is 11.6 Å². The van der Waals surface area contributed by atoms with Crippen molar-refractivity contribution in [2.45, 2.75) is 18.2 Å². The van der Waals surface area contributed by atoms with Crippen molar-refractivity contribution in [2.24, 2.45) is 0 Å². The zero-order chi connectivity index (χ0) is 17.7. The maximum atomic E-state index is 13.3. The quantitative estimate of drug-likeness (QED) is 0.831. The number of hydrogen-bond acceptors (Lipinski definition) is 4. The van der Waals surface area contributed by atoms with E-state index in [1.807, 2.05) is 6.07 Å². The number of halogens is 1. The van der Waals surface area contributed by atoms with E-state index in [0.29, 0.717) is 17.9 Å². The van der Waals surface area contributed by atoms with Gasteiger partial charge < -0.3 is 9.47 Å². The Morgan fingerprint density at radius 1 is 1.08 bits per heavy atom. The fourth-order valence-corrected chi connectivity index (χ4v) is 3.36. The van der Waals surface area contributed by atoms with Crippen LogP contribution in [0.3, 0.4) is 0 Å². The summed E-state index contributed by atoms with van der Waals surface area (Å²) in [5.41, 5.74) is 1.14. The SMILES string of the molecule is COc1ccc(CCNS(=O)(=O)c2ccc(F)c(C)c2)c(OC)c1. The van der Waals surface area contributed by atoms with Crippen molar-refractivity contribution in [3.8, 4) is 11.5 Å². The Hall–Kier alpha value is -2.12. The summed E-state index contributed by atoms with van der Waals surface area (Å²) in [6.45, 7) is 1.72. The van der Waals surface area contributed by atoms with E-state index in [2.05, 4.69) is 4.72 Å². The van der Waals surface area contributed by atoms with Crippen LogP contribution in [-0.2, 0) is 16.4 Å². The van der Waals surface area contributed by atoms with E-state index in [1.54, 1.807) is 26.4 Å². The summed E-state index contributed by atoms with van der Waals surface area (Å²) < 4.78 is 50.7. The molecule has 0 aromatic heterocycles. The van der Waals surface area contributed by atoms with Crippen LogP contribution < -0.4 is 14.2 Å². The van der Waals surface area contributed by atoms with Gasteiger partial charge in [0.05, 0.1) is 19.1 Å². The Bertz CT molecular complexity index is 821. The third-order valence-corrected chi connectivity index (χ3v) is 5.08. The second-order valence-corrected chi connectivity index (χ2v) is 7.00. The molecule has 0 spiro atoms. The molecule has 0 atom stereocenters. The van der Waals surface area contributed by atoms with Crippen LogP contribution >= 0.6 is 0 Å². The smallest absolute Gasteiger partial charge is 0.240 e. The molecule has 2 rings (SSSR count). The van der Waals surface area contributed by atoms with Gasteiger partial charge in [0.25, 0.3) is 0 Å². The molecule has 7 heteroatoms. The van der Waals surface area contributed by atoms with Crippen LogP contribution in [0.25, 0.3) is 0 Å². The van der Waals surface area contributed by atoms with Crippen LogP contribution in [0.5, 0.6) is 11.5 Å². The number of ether oxygens (including phenoxy) is 2. The van der Waals surface area contributed by atoms with Crippen molar-refractivity contribution in [1.82, 2.24) is 4.72 Å². The molecule has 0 amide bonds. The topological polar surface area (TPSA) is 64.6 Å². The first kappa shape index (κ1) is 18.2. The number of aryl methyl sites for hydroxylation is 1. The highest BCUT2D eigenvalue weighted by molar-refractivity contribution is 7.89. The summed E-state index contributed by atoms with van der Waals surface area (Å²) in [6, 6.07) is 9.07. The molecule has 0 radical (unpaired) electrons. The number of hydrogen-bond donors (Lipinski definition) is 1. The number of nitrogens with one attached hydrogen (secondary N) is 1. The average molecular weight is 353 g/mol. The standard InChI is InChI=1S/C17H20FNO4S/c1-12-10-15(6-7-16(12)18)24(20,21)19-9-8-13-4-5-14(22-2)11-17(13)23-3/h4-7,10-11,19H,8-9H2,1-3H3. The highest BCUT2D eigenvalue weighted by atomic mass is 32.2. The Morgan fingerprint density at radius 3 is 2.46 bits per heavy atom. The first-order valence-electron chi connectivity index (χ1n) is 7.34. The van der Waals surface area contributed by atoms with Gasteiger partial charge in [0, 0.05) is 12.6 Å². The normalized spacial score (nSPS) is 11.3. The number of rotatable bonds is 7. The van der Waals surface area contributed by atoms with Gasteiger partial charge in [0.2, 0.25) is 10.0 Å². The second-order valence-electron chi connectivity index (χ2n) is 5.24. The lowest BCUT2D eigenvalue weighted by Crippen LogP contribution is -2.26. The highest BCUT2D eigenvalue weighted by Crippen LogP contribution is 2.24. The fourth-order valence-electron chi connectivity index (χ4n) is 2.25. The third-order valence-electron chi connectivity index (χ3n) is 3.62. The van der Waals surface area contributed by atoms with Gasteiger partial charge in [-0.1, -0.05) is 6.07 Å². The molecule has 0 aliphatic carbocycles. The van der Waals surface area contributed by atoms with Gasteiger partial charge in [-0.15, -0.1) is 0 Å². The van der Waals surface area contributed by atoms with Crippen LogP contribution in [0, 0.1) is 12.7 Å². The van der Waals surface area contributed by atoms with Crippen LogP contribution in [0.2, 0.25) is 0 Å². The van der Waals surface area contributed by atoms with E-state index >= 15 is 0 Å². The largest absolute Gasteiger partial charge is 0.497 e. The first-order valence-corrected chi connectivity index (χ1v) is 8.82. The molecule has 0 saturated heterocycles. The molecule has 0 bridgehead atoms. The van der Waals surface area contributed by atoms with Gasteiger partial charge in [-0.2, -0.15) is 0 Å². The fraction of sp³-hybridized carbons (Fsp3) is 0.294. The number of benzene rings is 2. The molecule has 0 fully saturated rings. The second kappa shape index (κ2) is 7.63. The zero-order valence-corrected chi connectivity index (χ0v) is 14.6. The lowest BCUT2D eigenvalue weighted by molar-refractivity contribution is 0.391. The Balaban J connectivity index is 2.06. The van der Waals surface area contributed by atoms with Gasteiger partial charge in [0.1, 0.15) is 17.3 Å². The molecule has 2 aromatic rings. The van der Waals surface area contributed by atoms with Gasteiger partial charge in [-0.3, -0.25) is 0 Å². The van der Waals surface area contributed by atoms with Crippen molar-refractivity contribution >= 4 is 10.0 Å². The van der Waals surface area contributed by atoms with Crippen molar-refractivity contribution in [3.63, 3.8) is 0 Å². The van der Waals surface area contributed by atoms with Crippen molar-refractivity contribution in [1.29, 1.82) is 0 Å². The monoisotopic (exact) mass is 353 g/mol. The maximum absolute atomic E-state index is 13.3. The van der Waals surface area contributed by atoms with E-state index < -0.39 is 15.8 Å². The summed E-state index contributed by atoms with van der Waals surface area (Å²) in [6.07, 6.45) is 0.451. The summed E-state index contributed by atoms with van der Waals surface area (Å²) in [7, 11) is -0.576.